The van der Waals surface area contributed by atoms with Crippen LogP contribution in [0.2, 0.25) is 0 Å². The van der Waals surface area contributed by atoms with Crippen LogP contribution in [0, 0.1) is 6.92 Å². The summed E-state index contributed by atoms with van der Waals surface area (Å²) in [6, 6.07) is 14.4. The van der Waals surface area contributed by atoms with Crippen LogP contribution in [0.3, 0.4) is 0 Å². The van der Waals surface area contributed by atoms with Gasteiger partial charge in [-0.1, -0.05) is 6.07 Å². The molecule has 0 unspecified atom stereocenters. The third-order valence-electron chi connectivity index (χ3n) is 6.92. The van der Waals surface area contributed by atoms with Crippen LogP contribution >= 0.6 is 0 Å². The summed E-state index contributed by atoms with van der Waals surface area (Å²) in [6.45, 7) is 1.87. The largest absolute Gasteiger partial charge is 0.502 e. The van der Waals surface area contributed by atoms with Gasteiger partial charge in [-0.2, -0.15) is 0 Å². The third kappa shape index (κ3) is 12.6. The lowest BCUT2D eigenvalue weighted by Crippen LogP contribution is -2.01. The molecule has 5 N–H and O–H groups in total. The number of hydrogen-bond donors (Lipinski definition) is 5. The van der Waals surface area contributed by atoms with Crippen molar-refractivity contribution in [2.45, 2.75) is 6.92 Å². The molecule has 0 aliphatic heterocycles. The van der Waals surface area contributed by atoms with Gasteiger partial charge in [0.25, 0.3) is 0 Å². The van der Waals surface area contributed by atoms with Crippen molar-refractivity contribution in [2.75, 3.05) is 56.9 Å². The first kappa shape index (κ1) is 45.0. The van der Waals surface area contributed by atoms with Crippen molar-refractivity contribution < 1.29 is 82.6 Å². The summed E-state index contributed by atoms with van der Waals surface area (Å²) in [7, 11) is 11.5. The number of benzene rings is 4. The second-order valence-electron chi connectivity index (χ2n) is 10.1. The topological polar surface area (TPSA) is 243 Å². The van der Waals surface area contributed by atoms with Crippen molar-refractivity contribution >= 4 is 23.9 Å². The Labute approximate surface area is 310 Å². The summed E-state index contributed by atoms with van der Waals surface area (Å²) in [5, 5.41) is 44.3. The summed E-state index contributed by atoms with van der Waals surface area (Å²) in [4.78, 5) is 42.5. The molecule has 0 aliphatic carbocycles. The lowest BCUT2D eigenvalue weighted by atomic mass is 10.1. The zero-order chi connectivity index (χ0) is 41.1. The lowest BCUT2D eigenvalue weighted by Gasteiger charge is -2.12. The van der Waals surface area contributed by atoms with Crippen molar-refractivity contribution in [2.24, 2.45) is 0 Å². The van der Waals surface area contributed by atoms with Crippen LogP contribution in [-0.2, 0) is 0 Å². The fraction of sp³-hybridized carbons (Fsp3) is 0.243. The molecule has 0 bridgehead atoms. The normalized spacial score (nSPS) is 9.50. The van der Waals surface area contributed by atoms with Gasteiger partial charge in [-0.25, -0.2) is 19.2 Å². The number of phenols is 1. The minimum Gasteiger partial charge on any atom is -0.502 e. The van der Waals surface area contributed by atoms with Gasteiger partial charge in [0.1, 0.15) is 5.75 Å². The Balaban J connectivity index is 0.000000361. The molecule has 0 radical (unpaired) electrons. The molecule has 17 heteroatoms. The molecule has 0 heterocycles. The number of aromatic hydroxyl groups is 1. The van der Waals surface area contributed by atoms with Crippen molar-refractivity contribution in [1.29, 1.82) is 0 Å². The minimum absolute atomic E-state index is 0.00324. The number of phenolic OH excluding ortho intramolecular Hbond substituents is 1. The highest BCUT2D eigenvalue weighted by Gasteiger charge is 2.16. The molecule has 4 aromatic rings. The Hall–Kier alpha value is -7.04. The quantitative estimate of drug-likeness (QED) is 0.118. The average Bonchev–Trinajstić information content (AvgIpc) is 3.17. The van der Waals surface area contributed by atoms with Gasteiger partial charge in [0.15, 0.2) is 34.5 Å². The van der Waals surface area contributed by atoms with E-state index in [1.807, 2.05) is 6.92 Å². The van der Waals surface area contributed by atoms with Crippen LogP contribution in [0.4, 0.5) is 0 Å². The Morgan fingerprint density at radius 2 is 0.704 bits per heavy atom. The van der Waals surface area contributed by atoms with E-state index in [9.17, 15) is 24.3 Å². The Morgan fingerprint density at radius 3 is 1.04 bits per heavy atom. The van der Waals surface area contributed by atoms with Crippen LogP contribution in [0.5, 0.6) is 51.7 Å². The van der Waals surface area contributed by atoms with Crippen molar-refractivity contribution in [1.82, 2.24) is 0 Å². The molecule has 0 saturated carbocycles. The van der Waals surface area contributed by atoms with Crippen molar-refractivity contribution in [3.63, 3.8) is 0 Å². The van der Waals surface area contributed by atoms with Crippen LogP contribution in [0.15, 0.2) is 60.7 Å². The number of rotatable bonds is 12. The van der Waals surface area contributed by atoms with Crippen LogP contribution in [0.25, 0.3) is 0 Å². The van der Waals surface area contributed by atoms with Gasteiger partial charge in [-0.05, 0) is 67.1 Å². The first-order chi connectivity index (χ1) is 25.6. The average molecular weight is 759 g/mol. The molecule has 0 aliphatic rings. The maximum Gasteiger partial charge on any atom is 0.335 e. The second-order valence-corrected chi connectivity index (χ2v) is 10.1. The molecule has 0 saturated heterocycles. The van der Waals surface area contributed by atoms with Gasteiger partial charge in [0.05, 0.1) is 79.1 Å². The van der Waals surface area contributed by atoms with Gasteiger partial charge in [-0.3, -0.25) is 0 Å². The van der Waals surface area contributed by atoms with Gasteiger partial charge in [0, 0.05) is 0 Å². The fourth-order valence-electron chi connectivity index (χ4n) is 4.14. The predicted octanol–water partition coefficient (Wildman–Crippen LogP) is 5.62. The second kappa shape index (κ2) is 22.0. The Bertz CT molecular complexity index is 1850. The molecule has 54 heavy (non-hydrogen) atoms. The maximum absolute atomic E-state index is 10.8. The van der Waals surface area contributed by atoms with E-state index in [0.29, 0.717) is 34.5 Å². The van der Waals surface area contributed by atoms with Crippen molar-refractivity contribution in [3.8, 4) is 51.7 Å². The van der Waals surface area contributed by atoms with Crippen LogP contribution in [0.1, 0.15) is 47.0 Å². The Kier molecular flexibility index (Phi) is 18.3. The Morgan fingerprint density at radius 1 is 0.389 bits per heavy atom. The van der Waals surface area contributed by atoms with E-state index in [2.05, 4.69) is 0 Å². The monoisotopic (exact) mass is 758 g/mol. The number of methoxy groups -OCH3 is 8. The van der Waals surface area contributed by atoms with Gasteiger partial charge in [0.2, 0.25) is 11.5 Å². The molecule has 0 amide bonds. The molecular formula is C37H42O17. The first-order valence-electron chi connectivity index (χ1n) is 15.1. The highest BCUT2D eigenvalue weighted by molar-refractivity contribution is 5.90. The van der Waals surface area contributed by atoms with E-state index in [4.69, 9.17) is 58.3 Å². The van der Waals surface area contributed by atoms with Gasteiger partial charge < -0.3 is 63.4 Å². The number of aromatic carboxylic acids is 4. The summed E-state index contributed by atoms with van der Waals surface area (Å²) in [5.41, 5.74) is 1.44. The number of carboxylic acids is 4. The number of aryl methyl sites for hydroxylation is 1. The maximum atomic E-state index is 10.8. The van der Waals surface area contributed by atoms with E-state index in [1.165, 1.54) is 99.3 Å². The molecule has 0 aromatic heterocycles. The summed E-state index contributed by atoms with van der Waals surface area (Å²) < 4.78 is 39.5. The number of carbonyl (C=O) groups is 4. The molecule has 4 aromatic carbocycles. The smallest absolute Gasteiger partial charge is 0.335 e. The summed E-state index contributed by atoms with van der Waals surface area (Å²) in [5.74, 6) is -1.56. The highest BCUT2D eigenvalue weighted by atomic mass is 16.5. The molecular weight excluding hydrogens is 716 g/mol. The van der Waals surface area contributed by atoms with E-state index >= 15 is 0 Å². The predicted molar refractivity (Wildman–Crippen MR) is 192 cm³/mol. The molecule has 292 valence electrons. The molecule has 17 nitrogen and oxygen atoms in total. The SMILES string of the molecule is COc1cc(C(=O)O)cc(OC)c1O.COc1cc(C(=O)O)cc(OC)c1OC.COc1cc(C(=O)O)ccc1C.COc1ccc(C(=O)O)cc1OC. The zero-order valence-electron chi connectivity index (χ0n) is 30.9. The van der Waals surface area contributed by atoms with Gasteiger partial charge >= 0.3 is 23.9 Å². The standard InChI is InChI=1S/C10H12O5.C9H10O5.C9H10O4.C9H10O3/c1-13-7-4-6(10(11)12)5-8(14-2)9(7)15-3;1-13-6-3-5(9(11)12)4-7(14-2)8(6)10;1-12-7-4-3-6(9(10)11)5-8(7)13-2;1-6-3-4-7(9(10)11)5-8(6)12-2/h4-5H,1-3H3,(H,11,12);3-4,10H,1-2H3,(H,11,12);3-5H,1-2H3,(H,10,11);3-5H,1-2H3,(H,10,11). The first-order valence-corrected chi connectivity index (χ1v) is 15.1. The van der Waals surface area contributed by atoms with Gasteiger partial charge in [-0.15, -0.1) is 0 Å². The summed E-state index contributed by atoms with van der Waals surface area (Å²) >= 11 is 0. The molecule has 4 rings (SSSR count). The van der Waals surface area contributed by atoms with E-state index in [1.54, 1.807) is 18.2 Å². The number of carboxylic acid groups (broad SMARTS) is 4. The van der Waals surface area contributed by atoms with E-state index in [-0.39, 0.29) is 39.5 Å². The summed E-state index contributed by atoms with van der Waals surface area (Å²) in [6.07, 6.45) is 0. The molecule has 0 spiro atoms. The third-order valence-corrected chi connectivity index (χ3v) is 6.92. The molecule has 0 fully saturated rings. The van der Waals surface area contributed by atoms with Crippen molar-refractivity contribution in [3.05, 3.63) is 88.5 Å². The minimum atomic E-state index is -1.11. The molecule has 0 atom stereocenters. The van der Waals surface area contributed by atoms with Crippen LogP contribution < -0.4 is 37.9 Å². The van der Waals surface area contributed by atoms with E-state index < -0.39 is 23.9 Å². The fourth-order valence-corrected chi connectivity index (χ4v) is 4.14. The zero-order valence-corrected chi connectivity index (χ0v) is 30.9. The highest BCUT2D eigenvalue weighted by Crippen LogP contribution is 2.38. The van der Waals surface area contributed by atoms with E-state index in [0.717, 1.165) is 5.56 Å². The number of ether oxygens (including phenoxy) is 8. The lowest BCUT2D eigenvalue weighted by molar-refractivity contribution is 0.0685. The number of hydrogen-bond acceptors (Lipinski definition) is 13. The van der Waals surface area contributed by atoms with Crippen LogP contribution in [-0.4, -0.2) is 106 Å².